The highest BCUT2D eigenvalue weighted by Gasteiger charge is 1.99. The van der Waals surface area contributed by atoms with E-state index in [1.54, 1.807) is 12.1 Å². The number of aliphatic hydroxyl groups excluding tert-OH is 1. The Morgan fingerprint density at radius 3 is 2.87 bits per heavy atom. The van der Waals surface area contributed by atoms with E-state index >= 15 is 0 Å². The lowest BCUT2D eigenvalue weighted by atomic mass is 10.4. The molecule has 6 nitrogen and oxygen atoms in total. The van der Waals surface area contributed by atoms with E-state index in [4.69, 9.17) is 10.8 Å². The van der Waals surface area contributed by atoms with Crippen LogP contribution in [0.5, 0.6) is 0 Å². The van der Waals surface area contributed by atoms with Gasteiger partial charge in [0.1, 0.15) is 5.82 Å². The second-order valence-corrected chi connectivity index (χ2v) is 2.83. The lowest BCUT2D eigenvalue weighted by Gasteiger charge is -2.05. The average molecular weight is 210 g/mol. The summed E-state index contributed by atoms with van der Waals surface area (Å²) in [6.07, 6.45) is 1.52. The number of pyridine rings is 1. The van der Waals surface area contributed by atoms with E-state index in [1.165, 1.54) is 6.20 Å². The molecular formula is C9H14N4O2. The summed E-state index contributed by atoms with van der Waals surface area (Å²) in [7, 11) is 0. The van der Waals surface area contributed by atoms with Gasteiger partial charge in [-0.05, 0) is 12.1 Å². The van der Waals surface area contributed by atoms with E-state index in [2.05, 4.69) is 15.6 Å². The van der Waals surface area contributed by atoms with Gasteiger partial charge in [-0.25, -0.2) is 4.98 Å². The number of hydrogen-bond acceptors (Lipinski definition) is 5. The smallest absolute Gasteiger partial charge is 0.238 e. The van der Waals surface area contributed by atoms with Gasteiger partial charge in [0.25, 0.3) is 0 Å². The van der Waals surface area contributed by atoms with Gasteiger partial charge >= 0.3 is 0 Å². The third-order valence-corrected chi connectivity index (χ3v) is 1.65. The van der Waals surface area contributed by atoms with Crippen molar-refractivity contribution >= 4 is 17.4 Å². The molecule has 1 aromatic rings. The number of hydrogen-bond donors (Lipinski definition) is 4. The molecule has 1 heterocycles. The summed E-state index contributed by atoms with van der Waals surface area (Å²) < 4.78 is 0. The van der Waals surface area contributed by atoms with Crippen molar-refractivity contribution in [3.63, 3.8) is 0 Å². The van der Waals surface area contributed by atoms with E-state index < -0.39 is 0 Å². The molecule has 0 bridgehead atoms. The molecule has 0 saturated carbocycles. The average Bonchev–Trinajstić information content (AvgIpc) is 2.28. The topological polar surface area (TPSA) is 100 Å². The number of aromatic nitrogens is 1. The van der Waals surface area contributed by atoms with Gasteiger partial charge in [-0.1, -0.05) is 0 Å². The van der Waals surface area contributed by atoms with Crippen molar-refractivity contribution in [1.82, 2.24) is 4.98 Å². The van der Waals surface area contributed by atoms with Crippen molar-refractivity contribution in [2.45, 2.75) is 0 Å². The molecule has 0 fully saturated rings. The molecule has 1 amide bonds. The van der Waals surface area contributed by atoms with E-state index in [0.29, 0.717) is 18.1 Å². The van der Waals surface area contributed by atoms with E-state index in [-0.39, 0.29) is 19.1 Å². The van der Waals surface area contributed by atoms with E-state index in [1.807, 2.05) is 0 Å². The molecule has 0 atom stereocenters. The Bertz CT molecular complexity index is 312. The first-order chi connectivity index (χ1) is 7.26. The van der Waals surface area contributed by atoms with Crippen molar-refractivity contribution in [2.24, 2.45) is 5.73 Å². The van der Waals surface area contributed by atoms with Crippen LogP contribution in [0.2, 0.25) is 0 Å². The van der Waals surface area contributed by atoms with Gasteiger partial charge < -0.3 is 21.5 Å². The summed E-state index contributed by atoms with van der Waals surface area (Å²) in [4.78, 5) is 15.0. The van der Waals surface area contributed by atoms with E-state index in [0.717, 1.165) is 0 Å². The Morgan fingerprint density at radius 2 is 2.33 bits per heavy atom. The maximum Gasteiger partial charge on any atom is 0.238 e. The fraction of sp³-hybridized carbons (Fsp3) is 0.333. The zero-order valence-corrected chi connectivity index (χ0v) is 8.23. The van der Waals surface area contributed by atoms with Crippen LogP contribution in [0.1, 0.15) is 0 Å². The first-order valence-corrected chi connectivity index (χ1v) is 4.57. The predicted octanol–water partition coefficient (Wildman–Crippen LogP) is -0.617. The van der Waals surface area contributed by atoms with Gasteiger partial charge in [0, 0.05) is 6.54 Å². The number of carbonyl (C=O) groups excluding carboxylic acids is 1. The maximum absolute atomic E-state index is 10.9. The third kappa shape index (κ3) is 3.92. The second-order valence-electron chi connectivity index (χ2n) is 2.83. The first kappa shape index (κ1) is 11.4. The Hall–Kier alpha value is -1.66. The van der Waals surface area contributed by atoms with Gasteiger partial charge in [-0.3, -0.25) is 4.79 Å². The molecule has 0 aromatic carbocycles. The van der Waals surface area contributed by atoms with Crippen LogP contribution in [0.15, 0.2) is 18.3 Å². The Kier molecular flexibility index (Phi) is 4.52. The van der Waals surface area contributed by atoms with Gasteiger partial charge in [-0.2, -0.15) is 0 Å². The third-order valence-electron chi connectivity index (χ3n) is 1.65. The zero-order valence-electron chi connectivity index (χ0n) is 8.23. The molecule has 5 N–H and O–H groups in total. The Morgan fingerprint density at radius 1 is 1.53 bits per heavy atom. The van der Waals surface area contributed by atoms with Crippen molar-refractivity contribution in [3.05, 3.63) is 18.3 Å². The molecule has 6 heteroatoms. The summed E-state index contributed by atoms with van der Waals surface area (Å²) in [5, 5.41) is 14.0. The van der Waals surface area contributed by atoms with Crippen molar-refractivity contribution in [2.75, 3.05) is 30.3 Å². The molecular weight excluding hydrogens is 196 g/mol. The SMILES string of the molecule is NCC(=O)Nc1ccc(NCCO)nc1. The Labute approximate surface area is 87.5 Å². The molecule has 0 aliphatic heterocycles. The van der Waals surface area contributed by atoms with Crippen LogP contribution < -0.4 is 16.4 Å². The molecule has 1 rings (SSSR count). The molecule has 0 spiro atoms. The van der Waals surface area contributed by atoms with Crippen LogP contribution >= 0.6 is 0 Å². The van der Waals surface area contributed by atoms with E-state index in [9.17, 15) is 4.79 Å². The summed E-state index contributed by atoms with van der Waals surface area (Å²) in [5.41, 5.74) is 5.74. The van der Waals surface area contributed by atoms with Crippen molar-refractivity contribution < 1.29 is 9.90 Å². The first-order valence-electron chi connectivity index (χ1n) is 4.57. The maximum atomic E-state index is 10.9. The summed E-state index contributed by atoms with van der Waals surface area (Å²) >= 11 is 0. The number of nitrogens with zero attached hydrogens (tertiary/aromatic N) is 1. The minimum absolute atomic E-state index is 0.0489. The van der Waals surface area contributed by atoms with Crippen LogP contribution in [0.25, 0.3) is 0 Å². The molecule has 1 aromatic heterocycles. The van der Waals surface area contributed by atoms with Crippen LogP contribution in [0, 0.1) is 0 Å². The number of nitrogens with one attached hydrogen (secondary N) is 2. The van der Waals surface area contributed by atoms with Gasteiger partial charge in [0.15, 0.2) is 0 Å². The number of carbonyl (C=O) groups is 1. The van der Waals surface area contributed by atoms with Crippen LogP contribution in [0.3, 0.4) is 0 Å². The monoisotopic (exact) mass is 210 g/mol. The van der Waals surface area contributed by atoms with Gasteiger partial charge in [0.05, 0.1) is 25.0 Å². The highest BCUT2D eigenvalue weighted by atomic mass is 16.3. The number of rotatable bonds is 5. The van der Waals surface area contributed by atoms with Gasteiger partial charge in [-0.15, -0.1) is 0 Å². The number of aliphatic hydroxyl groups is 1. The van der Waals surface area contributed by atoms with Crippen LogP contribution in [0.4, 0.5) is 11.5 Å². The summed E-state index contributed by atoms with van der Waals surface area (Å²) in [5.74, 6) is 0.391. The zero-order chi connectivity index (χ0) is 11.1. The molecule has 15 heavy (non-hydrogen) atoms. The quantitative estimate of drug-likeness (QED) is 0.519. The molecule has 82 valence electrons. The fourth-order valence-corrected chi connectivity index (χ4v) is 0.968. The normalized spacial score (nSPS) is 9.73. The molecule has 0 unspecified atom stereocenters. The molecule has 0 saturated heterocycles. The molecule has 0 aliphatic rings. The highest BCUT2D eigenvalue weighted by Crippen LogP contribution is 2.08. The largest absolute Gasteiger partial charge is 0.395 e. The van der Waals surface area contributed by atoms with Crippen LogP contribution in [-0.4, -0.2) is 35.7 Å². The standard InChI is InChI=1S/C9H14N4O2/c10-5-9(15)13-7-1-2-8(12-6-7)11-3-4-14/h1-2,6,14H,3-5,10H2,(H,11,12)(H,13,15). The highest BCUT2D eigenvalue weighted by molar-refractivity contribution is 5.91. The fourth-order valence-electron chi connectivity index (χ4n) is 0.968. The number of anilines is 2. The second kappa shape index (κ2) is 5.94. The lowest BCUT2D eigenvalue weighted by Crippen LogP contribution is -2.21. The Balaban J connectivity index is 2.52. The minimum Gasteiger partial charge on any atom is -0.395 e. The van der Waals surface area contributed by atoms with Gasteiger partial charge in [0.2, 0.25) is 5.91 Å². The van der Waals surface area contributed by atoms with Crippen molar-refractivity contribution in [3.8, 4) is 0 Å². The molecule has 0 aliphatic carbocycles. The van der Waals surface area contributed by atoms with Crippen molar-refractivity contribution in [1.29, 1.82) is 0 Å². The summed E-state index contributed by atoms with van der Waals surface area (Å²) in [6.45, 7) is 0.444. The predicted molar refractivity (Wildman–Crippen MR) is 57.5 cm³/mol. The minimum atomic E-state index is -0.257. The number of amides is 1. The van der Waals surface area contributed by atoms with Crippen LogP contribution in [-0.2, 0) is 4.79 Å². The molecule has 0 radical (unpaired) electrons. The summed E-state index contributed by atoms with van der Waals surface area (Å²) in [6, 6.07) is 3.42. The lowest BCUT2D eigenvalue weighted by molar-refractivity contribution is -0.114. The number of nitrogens with two attached hydrogens (primary N) is 1.